The molecular weight excluding hydrogens is 231 g/mol. The lowest BCUT2D eigenvalue weighted by Crippen LogP contribution is -2.29. The molecule has 1 aromatic carbocycles. The molecule has 1 aromatic heterocycles. The van der Waals surface area contributed by atoms with Crippen molar-refractivity contribution >= 4 is 17.4 Å². The van der Waals surface area contributed by atoms with Crippen molar-refractivity contribution in [3.63, 3.8) is 0 Å². The zero-order valence-corrected chi connectivity index (χ0v) is 8.79. The van der Waals surface area contributed by atoms with Gasteiger partial charge in [-0.2, -0.15) is 4.37 Å². The molecule has 0 unspecified atom stereocenters. The molecule has 1 amide bonds. The molecule has 16 heavy (non-hydrogen) atoms. The first-order chi connectivity index (χ1) is 7.72. The standard InChI is InChI=1S/C9H7FN4OS/c10-6-4-2-1-3-5(6)7-12-9(16-14-7)8(15)13-11/h1-4H,11H2,(H,13,15). The largest absolute Gasteiger partial charge is 0.295 e. The zero-order valence-electron chi connectivity index (χ0n) is 7.98. The number of carbonyl (C=O) groups excluding carboxylic acids is 1. The van der Waals surface area contributed by atoms with Gasteiger partial charge in [-0.05, 0) is 23.7 Å². The number of hydrazine groups is 1. The van der Waals surface area contributed by atoms with Gasteiger partial charge in [0.2, 0.25) is 5.01 Å². The Hall–Kier alpha value is -1.86. The van der Waals surface area contributed by atoms with Gasteiger partial charge in [-0.15, -0.1) is 0 Å². The molecule has 0 aliphatic heterocycles. The molecule has 0 radical (unpaired) electrons. The number of halogens is 1. The first-order valence-corrected chi connectivity index (χ1v) is 5.09. The van der Waals surface area contributed by atoms with E-state index in [1.807, 2.05) is 5.43 Å². The Bertz CT molecular complexity index is 528. The van der Waals surface area contributed by atoms with Crippen LogP contribution in [0.2, 0.25) is 0 Å². The summed E-state index contributed by atoms with van der Waals surface area (Å²) in [6.45, 7) is 0. The lowest BCUT2D eigenvalue weighted by molar-refractivity contribution is 0.0953. The number of rotatable bonds is 2. The van der Waals surface area contributed by atoms with Gasteiger partial charge in [-0.1, -0.05) is 12.1 Å². The van der Waals surface area contributed by atoms with E-state index in [1.54, 1.807) is 18.2 Å². The third-order valence-corrected chi connectivity index (χ3v) is 2.58. The molecule has 0 spiro atoms. The molecule has 0 atom stereocenters. The quantitative estimate of drug-likeness (QED) is 0.463. The molecular formula is C9H7FN4OS. The van der Waals surface area contributed by atoms with Crippen LogP contribution in [0.5, 0.6) is 0 Å². The van der Waals surface area contributed by atoms with Crippen molar-refractivity contribution in [1.29, 1.82) is 0 Å². The molecule has 0 bridgehead atoms. The number of hydrogen-bond acceptors (Lipinski definition) is 5. The van der Waals surface area contributed by atoms with Crippen LogP contribution in [0.4, 0.5) is 4.39 Å². The van der Waals surface area contributed by atoms with E-state index in [0.717, 1.165) is 11.5 Å². The summed E-state index contributed by atoms with van der Waals surface area (Å²) in [6.07, 6.45) is 0. The maximum Gasteiger partial charge on any atom is 0.295 e. The minimum atomic E-state index is -0.542. The van der Waals surface area contributed by atoms with Crippen LogP contribution in [-0.2, 0) is 0 Å². The van der Waals surface area contributed by atoms with Crippen LogP contribution in [0, 0.1) is 5.82 Å². The highest BCUT2D eigenvalue weighted by Gasteiger charge is 2.14. The number of benzene rings is 1. The molecule has 5 nitrogen and oxygen atoms in total. The van der Waals surface area contributed by atoms with Crippen molar-refractivity contribution < 1.29 is 9.18 Å². The molecule has 0 fully saturated rings. The Balaban J connectivity index is 2.39. The van der Waals surface area contributed by atoms with Crippen molar-refractivity contribution in [2.45, 2.75) is 0 Å². The second-order valence-corrected chi connectivity index (χ2v) is 3.63. The highest BCUT2D eigenvalue weighted by atomic mass is 32.1. The van der Waals surface area contributed by atoms with Crippen LogP contribution in [0.15, 0.2) is 24.3 Å². The minimum Gasteiger partial charge on any atom is -0.288 e. The lowest BCUT2D eigenvalue weighted by Gasteiger charge is -1.95. The smallest absolute Gasteiger partial charge is 0.288 e. The molecule has 3 N–H and O–H groups in total. The van der Waals surface area contributed by atoms with Gasteiger partial charge >= 0.3 is 0 Å². The molecule has 0 aliphatic carbocycles. The van der Waals surface area contributed by atoms with Crippen LogP contribution < -0.4 is 11.3 Å². The van der Waals surface area contributed by atoms with Gasteiger partial charge in [0.05, 0.1) is 5.56 Å². The zero-order chi connectivity index (χ0) is 11.5. The maximum atomic E-state index is 13.4. The summed E-state index contributed by atoms with van der Waals surface area (Å²) in [4.78, 5) is 15.0. The fraction of sp³-hybridized carbons (Fsp3) is 0. The molecule has 0 saturated carbocycles. The van der Waals surface area contributed by atoms with Gasteiger partial charge in [0, 0.05) is 0 Å². The van der Waals surface area contributed by atoms with Crippen LogP contribution in [0.3, 0.4) is 0 Å². The van der Waals surface area contributed by atoms with Crippen LogP contribution >= 0.6 is 11.5 Å². The average Bonchev–Trinajstić information content (AvgIpc) is 2.78. The molecule has 2 rings (SSSR count). The topological polar surface area (TPSA) is 80.9 Å². The van der Waals surface area contributed by atoms with Gasteiger partial charge in [0.25, 0.3) is 5.91 Å². The van der Waals surface area contributed by atoms with E-state index in [4.69, 9.17) is 5.84 Å². The van der Waals surface area contributed by atoms with Crippen molar-refractivity contribution in [3.8, 4) is 11.4 Å². The van der Waals surface area contributed by atoms with E-state index in [2.05, 4.69) is 9.36 Å². The van der Waals surface area contributed by atoms with Gasteiger partial charge in [-0.3, -0.25) is 10.2 Å². The fourth-order valence-electron chi connectivity index (χ4n) is 1.13. The second kappa shape index (κ2) is 4.33. The van der Waals surface area contributed by atoms with Crippen molar-refractivity contribution in [1.82, 2.24) is 14.8 Å². The van der Waals surface area contributed by atoms with Crippen LogP contribution in [-0.4, -0.2) is 15.3 Å². The summed E-state index contributed by atoms with van der Waals surface area (Å²) >= 11 is 0.866. The molecule has 0 aliphatic rings. The van der Waals surface area contributed by atoms with Crippen LogP contribution in [0.1, 0.15) is 9.80 Å². The van der Waals surface area contributed by atoms with Gasteiger partial charge in [0.15, 0.2) is 5.82 Å². The number of hydrogen-bond donors (Lipinski definition) is 2. The number of nitrogens with zero attached hydrogens (tertiary/aromatic N) is 2. The maximum absolute atomic E-state index is 13.4. The van der Waals surface area contributed by atoms with Crippen molar-refractivity contribution in [3.05, 3.63) is 35.1 Å². The Morgan fingerprint density at radius 1 is 1.44 bits per heavy atom. The normalized spacial score (nSPS) is 10.1. The molecule has 82 valence electrons. The Labute approximate surface area is 94.3 Å². The molecule has 1 heterocycles. The van der Waals surface area contributed by atoms with E-state index in [-0.39, 0.29) is 16.4 Å². The number of carbonyl (C=O) groups is 1. The van der Waals surface area contributed by atoms with Gasteiger partial charge in [-0.25, -0.2) is 15.2 Å². The van der Waals surface area contributed by atoms with E-state index in [9.17, 15) is 9.18 Å². The summed E-state index contributed by atoms with van der Waals surface area (Å²) < 4.78 is 17.3. The SMILES string of the molecule is NNC(=O)c1nc(-c2ccccc2F)ns1. The highest BCUT2D eigenvalue weighted by molar-refractivity contribution is 7.07. The Morgan fingerprint density at radius 3 is 2.88 bits per heavy atom. The summed E-state index contributed by atoms with van der Waals surface area (Å²) in [5, 5.41) is 0.0979. The molecule has 2 aromatic rings. The van der Waals surface area contributed by atoms with Crippen molar-refractivity contribution in [2.24, 2.45) is 5.84 Å². The Morgan fingerprint density at radius 2 is 2.19 bits per heavy atom. The molecule has 0 saturated heterocycles. The number of nitrogens with two attached hydrogens (primary N) is 1. The number of nitrogens with one attached hydrogen (secondary N) is 1. The summed E-state index contributed by atoms with van der Waals surface area (Å²) in [7, 11) is 0. The number of nitrogen functional groups attached to an aromatic ring is 1. The minimum absolute atomic E-state index is 0.0979. The summed E-state index contributed by atoms with van der Waals surface area (Å²) in [5.41, 5.74) is 2.19. The van der Waals surface area contributed by atoms with E-state index >= 15 is 0 Å². The molecule has 7 heteroatoms. The first-order valence-electron chi connectivity index (χ1n) is 4.32. The second-order valence-electron chi connectivity index (χ2n) is 2.88. The third kappa shape index (κ3) is 1.90. The van der Waals surface area contributed by atoms with E-state index in [0.29, 0.717) is 0 Å². The lowest BCUT2D eigenvalue weighted by atomic mass is 10.2. The van der Waals surface area contributed by atoms with E-state index < -0.39 is 11.7 Å². The Kier molecular flexibility index (Phi) is 2.88. The summed E-state index contributed by atoms with van der Waals surface area (Å²) in [5.74, 6) is 4.16. The van der Waals surface area contributed by atoms with Crippen LogP contribution in [0.25, 0.3) is 11.4 Å². The third-order valence-electron chi connectivity index (χ3n) is 1.87. The number of aromatic nitrogens is 2. The van der Waals surface area contributed by atoms with Gasteiger partial charge < -0.3 is 0 Å². The first kappa shape index (κ1) is 10.7. The van der Waals surface area contributed by atoms with E-state index in [1.165, 1.54) is 6.07 Å². The highest BCUT2D eigenvalue weighted by Crippen LogP contribution is 2.20. The monoisotopic (exact) mass is 238 g/mol. The average molecular weight is 238 g/mol. The van der Waals surface area contributed by atoms with Gasteiger partial charge in [0.1, 0.15) is 5.82 Å². The van der Waals surface area contributed by atoms with Crippen molar-refractivity contribution in [2.75, 3.05) is 0 Å². The fourth-order valence-corrected chi connectivity index (χ4v) is 1.71. The predicted molar refractivity (Wildman–Crippen MR) is 57.0 cm³/mol. The number of amides is 1. The predicted octanol–water partition coefficient (Wildman–Crippen LogP) is 0.948. The summed E-state index contributed by atoms with van der Waals surface area (Å²) in [6, 6.07) is 6.08.